The lowest BCUT2D eigenvalue weighted by Crippen LogP contribution is -2.47. The first-order valence-electron chi connectivity index (χ1n) is 8.80. The van der Waals surface area contributed by atoms with E-state index in [1.807, 2.05) is 52.0 Å². The zero-order valence-electron chi connectivity index (χ0n) is 15.9. The second-order valence-corrected chi connectivity index (χ2v) is 7.80. The summed E-state index contributed by atoms with van der Waals surface area (Å²) >= 11 is 0. The van der Waals surface area contributed by atoms with Gasteiger partial charge in [-0.1, -0.05) is 24.3 Å². The quantitative estimate of drug-likeness (QED) is 0.608. The minimum atomic E-state index is -0.543. The standard InChI is InChI=1S/C20H26N2O4/c1-15-7-5-6-8-16(15)20(13-17(23)25-14-21)9-11-22(12-10-20)18(24)26-19(2,3)4/h5-8H,9-13H2,1-4H3. The number of likely N-dealkylation sites (tertiary alicyclic amines) is 1. The SMILES string of the molecule is Cc1ccccc1C1(CC(=O)OC#N)CCN(C(=O)OC(C)(C)C)CC1. The minimum Gasteiger partial charge on any atom is -0.444 e. The molecule has 140 valence electrons. The van der Waals surface area contributed by atoms with Gasteiger partial charge in [0.2, 0.25) is 0 Å². The molecule has 0 unspecified atom stereocenters. The molecule has 26 heavy (non-hydrogen) atoms. The minimum absolute atomic E-state index is 0.119. The lowest BCUT2D eigenvalue weighted by Gasteiger charge is -2.42. The maximum Gasteiger partial charge on any atom is 0.410 e. The predicted octanol–water partition coefficient (Wildman–Crippen LogP) is 3.68. The van der Waals surface area contributed by atoms with Crippen molar-refractivity contribution in [1.29, 1.82) is 5.26 Å². The van der Waals surface area contributed by atoms with Crippen LogP contribution < -0.4 is 0 Å². The van der Waals surface area contributed by atoms with E-state index >= 15 is 0 Å². The summed E-state index contributed by atoms with van der Waals surface area (Å²) in [6.45, 7) is 8.50. The number of aryl methyl sites for hydroxylation is 1. The average molecular weight is 358 g/mol. The van der Waals surface area contributed by atoms with Crippen molar-refractivity contribution in [2.45, 2.75) is 58.0 Å². The first kappa shape index (κ1) is 19.8. The van der Waals surface area contributed by atoms with Gasteiger partial charge < -0.3 is 14.4 Å². The van der Waals surface area contributed by atoms with Gasteiger partial charge in [-0.2, -0.15) is 0 Å². The molecule has 0 radical (unpaired) electrons. The fourth-order valence-corrected chi connectivity index (χ4v) is 3.52. The third kappa shape index (κ3) is 4.75. The molecule has 6 nitrogen and oxygen atoms in total. The number of esters is 1. The molecule has 0 bridgehead atoms. The largest absolute Gasteiger partial charge is 0.444 e. The number of benzene rings is 1. The van der Waals surface area contributed by atoms with E-state index in [2.05, 4.69) is 4.74 Å². The number of ether oxygens (including phenoxy) is 2. The maximum absolute atomic E-state index is 12.3. The summed E-state index contributed by atoms with van der Waals surface area (Å²) in [6, 6.07) is 7.92. The topological polar surface area (TPSA) is 79.6 Å². The Morgan fingerprint density at radius 1 is 1.23 bits per heavy atom. The van der Waals surface area contributed by atoms with Crippen molar-refractivity contribution in [2.24, 2.45) is 0 Å². The first-order chi connectivity index (χ1) is 12.2. The van der Waals surface area contributed by atoms with Crippen molar-refractivity contribution in [2.75, 3.05) is 13.1 Å². The number of nitrogens with zero attached hydrogens (tertiary/aromatic N) is 2. The molecule has 1 aliphatic heterocycles. The predicted molar refractivity (Wildman–Crippen MR) is 96.2 cm³/mol. The van der Waals surface area contributed by atoms with Crippen LogP contribution in [0.3, 0.4) is 0 Å². The molecule has 1 heterocycles. The molecule has 0 N–H and O–H groups in total. The van der Waals surface area contributed by atoms with Gasteiger partial charge in [0, 0.05) is 18.5 Å². The number of carbonyl (C=O) groups is 2. The Morgan fingerprint density at radius 3 is 2.38 bits per heavy atom. The molecule has 0 aromatic heterocycles. The van der Waals surface area contributed by atoms with Gasteiger partial charge >= 0.3 is 12.1 Å². The Kier molecular flexibility index (Phi) is 5.91. The van der Waals surface area contributed by atoms with Gasteiger partial charge in [-0.3, -0.25) is 4.79 Å². The number of amides is 1. The Morgan fingerprint density at radius 2 is 1.85 bits per heavy atom. The second-order valence-electron chi connectivity index (χ2n) is 7.80. The van der Waals surface area contributed by atoms with E-state index in [0.717, 1.165) is 11.1 Å². The molecule has 0 saturated carbocycles. The number of hydrogen-bond donors (Lipinski definition) is 0. The van der Waals surface area contributed by atoms with Gasteiger partial charge in [-0.25, -0.2) is 4.79 Å². The van der Waals surface area contributed by atoms with E-state index in [9.17, 15) is 9.59 Å². The van der Waals surface area contributed by atoms with E-state index < -0.39 is 17.0 Å². The van der Waals surface area contributed by atoms with Crippen molar-refractivity contribution in [1.82, 2.24) is 4.90 Å². The van der Waals surface area contributed by atoms with E-state index in [1.165, 1.54) is 6.26 Å². The molecule has 0 spiro atoms. The molecule has 1 fully saturated rings. The molecule has 2 rings (SSSR count). The zero-order chi connectivity index (χ0) is 19.4. The highest BCUT2D eigenvalue weighted by Gasteiger charge is 2.41. The van der Waals surface area contributed by atoms with Gasteiger partial charge in [-0.05, 0) is 51.7 Å². The zero-order valence-corrected chi connectivity index (χ0v) is 15.9. The molecule has 6 heteroatoms. The molecule has 1 saturated heterocycles. The number of carbonyl (C=O) groups excluding carboxylic acids is 2. The number of rotatable bonds is 3. The first-order valence-corrected chi connectivity index (χ1v) is 8.80. The summed E-state index contributed by atoms with van der Waals surface area (Å²) in [4.78, 5) is 26.1. The fraction of sp³-hybridized carbons (Fsp3) is 0.550. The van der Waals surface area contributed by atoms with Crippen molar-refractivity contribution >= 4 is 12.1 Å². The van der Waals surface area contributed by atoms with E-state index in [-0.39, 0.29) is 12.5 Å². The summed E-state index contributed by atoms with van der Waals surface area (Å²) in [7, 11) is 0. The van der Waals surface area contributed by atoms with Crippen LogP contribution in [0, 0.1) is 18.4 Å². The number of hydrogen-bond acceptors (Lipinski definition) is 5. The van der Waals surface area contributed by atoms with Crippen LogP contribution in [-0.2, 0) is 19.7 Å². The molecular formula is C20H26N2O4. The lowest BCUT2D eigenvalue weighted by molar-refractivity contribution is -0.139. The lowest BCUT2D eigenvalue weighted by atomic mass is 9.69. The van der Waals surface area contributed by atoms with Gasteiger partial charge in [-0.15, -0.1) is 5.26 Å². The van der Waals surface area contributed by atoms with Crippen LogP contribution in [0.25, 0.3) is 0 Å². The normalized spacial score (nSPS) is 16.5. The van der Waals surface area contributed by atoms with Crippen LogP contribution >= 0.6 is 0 Å². The van der Waals surface area contributed by atoms with Crippen LogP contribution in [0.4, 0.5) is 4.79 Å². The second kappa shape index (κ2) is 7.77. The molecule has 1 aromatic rings. The summed E-state index contributed by atoms with van der Waals surface area (Å²) in [5, 5.41) is 8.64. The van der Waals surface area contributed by atoms with Crippen LogP contribution in [0.1, 0.15) is 51.2 Å². The van der Waals surface area contributed by atoms with E-state index in [1.54, 1.807) is 4.90 Å². The number of piperidine rings is 1. The van der Waals surface area contributed by atoms with Gasteiger partial charge in [0.15, 0.2) is 0 Å². The smallest absolute Gasteiger partial charge is 0.410 e. The molecule has 0 aliphatic carbocycles. The number of nitriles is 1. The third-order valence-corrected chi connectivity index (χ3v) is 4.73. The van der Waals surface area contributed by atoms with Crippen LogP contribution in [-0.4, -0.2) is 35.7 Å². The van der Waals surface area contributed by atoms with Crippen molar-refractivity contribution in [3.8, 4) is 6.26 Å². The third-order valence-electron chi connectivity index (χ3n) is 4.73. The van der Waals surface area contributed by atoms with Crippen LogP contribution in [0.2, 0.25) is 0 Å². The van der Waals surface area contributed by atoms with Crippen molar-refractivity contribution in [3.63, 3.8) is 0 Å². The van der Waals surface area contributed by atoms with Gasteiger partial charge in [0.25, 0.3) is 6.26 Å². The van der Waals surface area contributed by atoms with E-state index in [4.69, 9.17) is 10.00 Å². The van der Waals surface area contributed by atoms with Gasteiger partial charge in [0.05, 0.1) is 6.42 Å². The fourth-order valence-electron chi connectivity index (χ4n) is 3.52. The van der Waals surface area contributed by atoms with Crippen molar-refractivity contribution in [3.05, 3.63) is 35.4 Å². The molecule has 1 aromatic carbocycles. The summed E-state index contributed by atoms with van der Waals surface area (Å²) in [5.74, 6) is -0.540. The highest BCUT2D eigenvalue weighted by Crippen LogP contribution is 2.40. The summed E-state index contributed by atoms with van der Waals surface area (Å²) in [6.07, 6.45) is 2.46. The Hall–Kier alpha value is -2.55. The molecule has 1 amide bonds. The molecular weight excluding hydrogens is 332 g/mol. The van der Waals surface area contributed by atoms with Crippen LogP contribution in [0.5, 0.6) is 0 Å². The molecule has 0 atom stereocenters. The summed E-state index contributed by atoms with van der Waals surface area (Å²) < 4.78 is 9.98. The Bertz CT molecular complexity index is 707. The maximum atomic E-state index is 12.3. The van der Waals surface area contributed by atoms with Gasteiger partial charge in [0.1, 0.15) is 5.60 Å². The van der Waals surface area contributed by atoms with Crippen molar-refractivity contribution < 1.29 is 19.1 Å². The van der Waals surface area contributed by atoms with Crippen LogP contribution in [0.15, 0.2) is 24.3 Å². The molecule has 1 aliphatic rings. The Balaban J connectivity index is 2.21. The highest BCUT2D eigenvalue weighted by atomic mass is 16.6. The Labute approximate surface area is 154 Å². The summed E-state index contributed by atoms with van der Waals surface area (Å²) in [5.41, 5.74) is 1.16. The monoisotopic (exact) mass is 358 g/mol. The van der Waals surface area contributed by atoms with E-state index in [0.29, 0.717) is 25.9 Å². The average Bonchev–Trinajstić information content (AvgIpc) is 2.54. The highest BCUT2D eigenvalue weighted by molar-refractivity contribution is 5.73.